The lowest BCUT2D eigenvalue weighted by Crippen LogP contribution is -2.50. The second kappa shape index (κ2) is 7.33. The maximum Gasteiger partial charge on any atom is 0.276 e. The number of hydrogen-bond donors (Lipinski definition) is 1. The number of benzene rings is 1. The number of carbonyl (C=O) groups is 2. The highest BCUT2D eigenvalue weighted by Gasteiger charge is 2.26. The molecule has 1 aliphatic heterocycles. The molecule has 0 radical (unpaired) electrons. The van der Waals surface area contributed by atoms with E-state index in [0.29, 0.717) is 42.5 Å². The zero-order chi connectivity index (χ0) is 18.0. The number of piperazine rings is 1. The smallest absolute Gasteiger partial charge is 0.276 e. The lowest BCUT2D eigenvalue weighted by atomic mass is 10.1. The van der Waals surface area contributed by atoms with E-state index < -0.39 is 0 Å². The molecular formula is C17H18ClFN4O2. The minimum absolute atomic E-state index is 0.0641. The lowest BCUT2D eigenvalue weighted by molar-refractivity contribution is 0.0619. The molecule has 25 heavy (non-hydrogen) atoms. The molecule has 1 aromatic carbocycles. The number of nitrogens with zero attached hydrogens (tertiary/aromatic N) is 3. The van der Waals surface area contributed by atoms with E-state index in [0.717, 1.165) is 0 Å². The van der Waals surface area contributed by atoms with Crippen molar-refractivity contribution in [3.8, 4) is 0 Å². The van der Waals surface area contributed by atoms with Crippen LogP contribution in [0.4, 0.5) is 4.39 Å². The van der Waals surface area contributed by atoms with E-state index >= 15 is 0 Å². The molecular weight excluding hydrogens is 347 g/mol. The van der Waals surface area contributed by atoms with Crippen LogP contribution in [0, 0.1) is 12.7 Å². The molecule has 6 nitrogen and oxygen atoms in total. The Morgan fingerprint density at radius 1 is 1.20 bits per heavy atom. The third-order valence-electron chi connectivity index (χ3n) is 4.27. The monoisotopic (exact) mass is 364 g/mol. The van der Waals surface area contributed by atoms with Crippen molar-refractivity contribution in [3.63, 3.8) is 0 Å². The number of amides is 1. The highest BCUT2D eigenvalue weighted by atomic mass is 35.5. The normalized spacial score (nSPS) is 15.4. The van der Waals surface area contributed by atoms with Crippen LogP contribution in [0.3, 0.4) is 0 Å². The minimum atomic E-state index is -0.365. The van der Waals surface area contributed by atoms with Crippen LogP contribution in [-0.4, -0.2) is 64.4 Å². The van der Waals surface area contributed by atoms with Crippen molar-refractivity contribution in [1.29, 1.82) is 0 Å². The van der Waals surface area contributed by atoms with Gasteiger partial charge in [-0.25, -0.2) is 4.39 Å². The van der Waals surface area contributed by atoms with Gasteiger partial charge in [-0.1, -0.05) is 11.6 Å². The first kappa shape index (κ1) is 17.6. The molecule has 3 rings (SSSR count). The summed E-state index contributed by atoms with van der Waals surface area (Å²) in [6, 6.07) is 5.53. The molecule has 0 saturated carbocycles. The van der Waals surface area contributed by atoms with Crippen molar-refractivity contribution < 1.29 is 14.0 Å². The number of aryl methyl sites for hydroxylation is 1. The van der Waals surface area contributed by atoms with Gasteiger partial charge in [0.05, 0.1) is 17.3 Å². The number of H-pyrrole nitrogens is 1. The number of Topliss-reactive ketones (excluding diaryl/α,β-unsaturated/α-hetero) is 1. The van der Waals surface area contributed by atoms with Crippen LogP contribution in [0.5, 0.6) is 0 Å². The molecule has 2 heterocycles. The summed E-state index contributed by atoms with van der Waals surface area (Å²) in [4.78, 5) is 28.3. The standard InChI is InChI=1S/C17H18ClFN4O2/c1-11-15(18)16(21-20-11)17(25)23-8-6-22(7-9-23)10-14(24)12-2-4-13(19)5-3-12/h2-5H,6-10H2,1H3,(H,20,21). The average Bonchev–Trinajstić information content (AvgIpc) is 2.94. The summed E-state index contributed by atoms with van der Waals surface area (Å²) in [5.41, 5.74) is 1.38. The fraction of sp³-hybridized carbons (Fsp3) is 0.353. The van der Waals surface area contributed by atoms with Crippen molar-refractivity contribution >= 4 is 23.3 Å². The zero-order valence-corrected chi connectivity index (χ0v) is 14.5. The van der Waals surface area contributed by atoms with E-state index in [9.17, 15) is 14.0 Å². The minimum Gasteiger partial charge on any atom is -0.335 e. The Hall–Kier alpha value is -2.25. The summed E-state index contributed by atoms with van der Waals surface area (Å²) in [5, 5.41) is 7.01. The van der Waals surface area contributed by atoms with E-state index in [-0.39, 0.29) is 29.7 Å². The summed E-state index contributed by atoms with van der Waals surface area (Å²) in [7, 11) is 0. The maximum atomic E-state index is 12.9. The number of rotatable bonds is 4. The quantitative estimate of drug-likeness (QED) is 0.844. The van der Waals surface area contributed by atoms with Gasteiger partial charge in [-0.3, -0.25) is 19.6 Å². The van der Waals surface area contributed by atoms with Gasteiger partial charge in [-0.05, 0) is 31.2 Å². The van der Waals surface area contributed by atoms with E-state index in [1.54, 1.807) is 11.8 Å². The fourth-order valence-corrected chi connectivity index (χ4v) is 2.91. The van der Waals surface area contributed by atoms with E-state index in [4.69, 9.17) is 11.6 Å². The Labute approximate surface area is 149 Å². The first-order chi connectivity index (χ1) is 12.0. The number of ketones is 1. The molecule has 0 spiro atoms. The van der Waals surface area contributed by atoms with Gasteiger partial charge in [-0.15, -0.1) is 0 Å². The van der Waals surface area contributed by atoms with Crippen LogP contribution in [-0.2, 0) is 0 Å². The Morgan fingerprint density at radius 2 is 1.84 bits per heavy atom. The predicted molar refractivity (Wildman–Crippen MR) is 91.4 cm³/mol. The Bertz CT molecular complexity index is 782. The molecule has 0 bridgehead atoms. The number of hydrogen-bond acceptors (Lipinski definition) is 4. The van der Waals surface area contributed by atoms with Crippen LogP contribution >= 0.6 is 11.6 Å². The molecule has 1 fully saturated rings. The summed E-state index contributed by atoms with van der Waals surface area (Å²) in [6.45, 7) is 4.16. The molecule has 0 atom stereocenters. The third kappa shape index (κ3) is 3.88. The number of aromatic nitrogens is 2. The zero-order valence-electron chi connectivity index (χ0n) is 13.8. The second-order valence-corrected chi connectivity index (χ2v) is 6.39. The topological polar surface area (TPSA) is 69.3 Å². The number of halogens is 2. The van der Waals surface area contributed by atoms with E-state index in [2.05, 4.69) is 10.2 Å². The first-order valence-corrected chi connectivity index (χ1v) is 8.34. The largest absolute Gasteiger partial charge is 0.335 e. The van der Waals surface area contributed by atoms with Crippen LogP contribution in [0.15, 0.2) is 24.3 Å². The van der Waals surface area contributed by atoms with Gasteiger partial charge in [0, 0.05) is 31.7 Å². The molecule has 1 aliphatic rings. The predicted octanol–water partition coefficient (Wildman–Crippen LogP) is 2.15. The van der Waals surface area contributed by atoms with Crippen LogP contribution in [0.1, 0.15) is 26.5 Å². The maximum absolute atomic E-state index is 12.9. The van der Waals surface area contributed by atoms with Gasteiger partial charge in [0.2, 0.25) is 0 Å². The van der Waals surface area contributed by atoms with Crippen LogP contribution in [0.2, 0.25) is 5.02 Å². The van der Waals surface area contributed by atoms with Gasteiger partial charge in [0.1, 0.15) is 5.82 Å². The molecule has 1 N–H and O–H groups in total. The summed E-state index contributed by atoms with van der Waals surface area (Å²) < 4.78 is 12.9. The second-order valence-electron chi connectivity index (χ2n) is 6.01. The van der Waals surface area contributed by atoms with Gasteiger partial charge in [0.15, 0.2) is 11.5 Å². The summed E-state index contributed by atoms with van der Waals surface area (Å²) >= 11 is 6.08. The Morgan fingerprint density at radius 3 is 2.40 bits per heavy atom. The highest BCUT2D eigenvalue weighted by molar-refractivity contribution is 6.34. The average molecular weight is 365 g/mol. The van der Waals surface area contributed by atoms with E-state index in [1.165, 1.54) is 24.3 Å². The van der Waals surface area contributed by atoms with E-state index in [1.807, 2.05) is 4.90 Å². The molecule has 0 unspecified atom stereocenters. The fourth-order valence-electron chi connectivity index (χ4n) is 2.75. The highest BCUT2D eigenvalue weighted by Crippen LogP contribution is 2.19. The SMILES string of the molecule is Cc1[nH]nc(C(=O)N2CCN(CC(=O)c3ccc(F)cc3)CC2)c1Cl. The van der Waals surface area contributed by atoms with Crippen LogP contribution < -0.4 is 0 Å². The van der Waals surface area contributed by atoms with Crippen molar-refractivity contribution in [1.82, 2.24) is 20.0 Å². The third-order valence-corrected chi connectivity index (χ3v) is 4.73. The number of carbonyl (C=O) groups excluding carboxylic acids is 2. The molecule has 1 saturated heterocycles. The lowest BCUT2D eigenvalue weighted by Gasteiger charge is -2.34. The number of aromatic amines is 1. The molecule has 2 aromatic rings. The molecule has 0 aliphatic carbocycles. The van der Waals surface area contributed by atoms with Crippen molar-refractivity contribution in [2.75, 3.05) is 32.7 Å². The Kier molecular flexibility index (Phi) is 5.15. The Balaban J connectivity index is 1.55. The van der Waals surface area contributed by atoms with Gasteiger partial charge in [-0.2, -0.15) is 5.10 Å². The number of nitrogens with one attached hydrogen (secondary N) is 1. The molecule has 1 amide bonds. The first-order valence-electron chi connectivity index (χ1n) is 7.96. The summed E-state index contributed by atoms with van der Waals surface area (Å²) in [5.74, 6) is -0.638. The van der Waals surface area contributed by atoms with Crippen LogP contribution in [0.25, 0.3) is 0 Å². The molecule has 8 heteroatoms. The van der Waals surface area contributed by atoms with Gasteiger partial charge >= 0.3 is 0 Å². The summed E-state index contributed by atoms with van der Waals surface area (Å²) in [6.07, 6.45) is 0. The van der Waals surface area contributed by atoms with Crippen molar-refractivity contribution in [3.05, 3.63) is 52.1 Å². The molecule has 132 valence electrons. The van der Waals surface area contributed by atoms with Crippen molar-refractivity contribution in [2.24, 2.45) is 0 Å². The molecule has 1 aromatic heterocycles. The van der Waals surface area contributed by atoms with Gasteiger partial charge in [0.25, 0.3) is 5.91 Å². The van der Waals surface area contributed by atoms with Crippen molar-refractivity contribution in [2.45, 2.75) is 6.92 Å². The van der Waals surface area contributed by atoms with Gasteiger partial charge < -0.3 is 4.90 Å².